The number of fused-ring (bicyclic) bond motifs is 2. The Balaban J connectivity index is 1.14. The number of ether oxygens (including phenoxy) is 1. The van der Waals surface area contributed by atoms with E-state index in [-0.39, 0.29) is 42.9 Å². The fourth-order valence-corrected chi connectivity index (χ4v) is 7.30. The SMILES string of the molecule is CC(C)(NC(=O)CN1Cc2cc(-c3nc(NC4CCOCC4)ncc3Cl)ccc2C1CCN1C(=O)c2ccccc2C1=O)c1ccccc1. The molecule has 4 heterocycles. The molecule has 10 nitrogen and oxygen atoms in total. The third-order valence-corrected chi connectivity index (χ3v) is 9.96. The first kappa shape index (κ1) is 32.9. The monoisotopic (exact) mass is 678 g/mol. The van der Waals surface area contributed by atoms with Crippen molar-refractivity contribution in [1.29, 1.82) is 0 Å². The Morgan fingerprint density at radius 2 is 1.67 bits per heavy atom. The summed E-state index contributed by atoms with van der Waals surface area (Å²) in [5, 5.41) is 7.07. The number of anilines is 1. The van der Waals surface area contributed by atoms with Gasteiger partial charge in [0.2, 0.25) is 11.9 Å². The van der Waals surface area contributed by atoms with E-state index in [9.17, 15) is 14.4 Å². The molecule has 7 rings (SSSR count). The molecule has 0 aliphatic carbocycles. The predicted octanol–water partition coefficient (Wildman–Crippen LogP) is 5.98. The van der Waals surface area contributed by atoms with Crippen LogP contribution in [0.4, 0.5) is 5.95 Å². The lowest BCUT2D eigenvalue weighted by Crippen LogP contribution is -2.46. The Morgan fingerprint density at radius 3 is 2.39 bits per heavy atom. The van der Waals surface area contributed by atoms with Gasteiger partial charge in [-0.15, -0.1) is 0 Å². The highest BCUT2D eigenvalue weighted by molar-refractivity contribution is 6.32. The predicted molar refractivity (Wildman–Crippen MR) is 187 cm³/mol. The standard InChI is InChI=1S/C38H39ClN6O4/c1-38(2,26-8-4-3-5-9-26)43-33(46)23-44-22-25-20-24(34-31(39)21-40-37(42-34)41-27-15-18-49-19-16-27)12-13-28(25)32(44)14-17-45-35(47)29-10-6-7-11-30(29)36(45)48/h3-13,20-21,27,32H,14-19,22-23H2,1-2H3,(H,43,46)(H,40,41,42). The van der Waals surface area contributed by atoms with Crippen LogP contribution >= 0.6 is 11.6 Å². The van der Waals surface area contributed by atoms with Crippen molar-refractivity contribution in [2.75, 3.05) is 31.6 Å². The molecule has 1 unspecified atom stereocenters. The Bertz CT molecular complexity index is 1860. The topological polar surface area (TPSA) is 117 Å². The van der Waals surface area contributed by atoms with Gasteiger partial charge in [-0.05, 0) is 68.0 Å². The number of halogens is 1. The third kappa shape index (κ3) is 6.81. The molecule has 0 saturated carbocycles. The molecule has 1 saturated heterocycles. The number of nitrogens with one attached hydrogen (secondary N) is 2. The van der Waals surface area contributed by atoms with Crippen molar-refractivity contribution in [3.05, 3.63) is 112 Å². The number of hydrogen-bond donors (Lipinski definition) is 2. The van der Waals surface area contributed by atoms with E-state index in [1.807, 2.05) is 56.3 Å². The van der Waals surface area contributed by atoms with E-state index >= 15 is 0 Å². The van der Waals surface area contributed by atoms with Crippen LogP contribution in [0.1, 0.15) is 76.6 Å². The molecule has 4 aromatic rings. The molecule has 3 aromatic carbocycles. The summed E-state index contributed by atoms with van der Waals surface area (Å²) in [6.45, 7) is 6.25. The van der Waals surface area contributed by atoms with Crippen LogP contribution in [-0.4, -0.2) is 69.8 Å². The Morgan fingerprint density at radius 1 is 0.980 bits per heavy atom. The lowest BCUT2D eigenvalue weighted by molar-refractivity contribution is -0.124. The van der Waals surface area contributed by atoms with Crippen LogP contribution in [0.2, 0.25) is 5.02 Å². The summed E-state index contributed by atoms with van der Waals surface area (Å²) in [7, 11) is 0. The minimum Gasteiger partial charge on any atom is -0.381 e. The largest absolute Gasteiger partial charge is 0.381 e. The van der Waals surface area contributed by atoms with Gasteiger partial charge in [-0.2, -0.15) is 0 Å². The molecule has 252 valence electrons. The lowest BCUT2D eigenvalue weighted by atomic mass is 9.94. The number of rotatable bonds is 10. The molecule has 1 atom stereocenters. The summed E-state index contributed by atoms with van der Waals surface area (Å²) in [6.07, 6.45) is 3.86. The van der Waals surface area contributed by atoms with Gasteiger partial charge in [0.15, 0.2) is 0 Å². The molecule has 3 aliphatic heterocycles. The van der Waals surface area contributed by atoms with E-state index in [1.54, 1.807) is 30.5 Å². The third-order valence-electron chi connectivity index (χ3n) is 9.69. The lowest BCUT2D eigenvalue weighted by Gasteiger charge is -2.30. The maximum absolute atomic E-state index is 13.6. The molecule has 49 heavy (non-hydrogen) atoms. The van der Waals surface area contributed by atoms with E-state index in [0.29, 0.717) is 54.0 Å². The van der Waals surface area contributed by atoms with Gasteiger partial charge in [0.05, 0.1) is 40.1 Å². The van der Waals surface area contributed by atoms with Crippen molar-refractivity contribution < 1.29 is 19.1 Å². The van der Waals surface area contributed by atoms with Crippen molar-refractivity contribution in [3.8, 4) is 11.3 Å². The van der Waals surface area contributed by atoms with Crippen LogP contribution in [0.5, 0.6) is 0 Å². The van der Waals surface area contributed by atoms with Gasteiger partial charge < -0.3 is 15.4 Å². The zero-order chi connectivity index (χ0) is 34.1. The van der Waals surface area contributed by atoms with Crippen LogP contribution in [-0.2, 0) is 21.6 Å². The van der Waals surface area contributed by atoms with Crippen molar-refractivity contribution in [2.45, 2.75) is 57.3 Å². The van der Waals surface area contributed by atoms with Crippen molar-refractivity contribution in [1.82, 2.24) is 25.1 Å². The Kier molecular flexibility index (Phi) is 9.19. The fourth-order valence-electron chi connectivity index (χ4n) is 7.10. The number of carbonyl (C=O) groups is 3. The molecule has 3 aliphatic rings. The first-order valence-corrected chi connectivity index (χ1v) is 17.1. The maximum atomic E-state index is 13.6. The summed E-state index contributed by atoms with van der Waals surface area (Å²) in [4.78, 5) is 52.6. The molecule has 0 radical (unpaired) electrons. The van der Waals surface area contributed by atoms with E-state index in [2.05, 4.69) is 26.6 Å². The van der Waals surface area contributed by atoms with Gasteiger partial charge in [-0.25, -0.2) is 9.97 Å². The summed E-state index contributed by atoms with van der Waals surface area (Å²) in [6, 6.07) is 22.9. The van der Waals surface area contributed by atoms with Crippen LogP contribution in [0.3, 0.4) is 0 Å². The number of nitrogens with zero attached hydrogens (tertiary/aromatic N) is 4. The summed E-state index contributed by atoms with van der Waals surface area (Å²) >= 11 is 6.65. The highest BCUT2D eigenvalue weighted by Crippen LogP contribution is 2.39. The summed E-state index contributed by atoms with van der Waals surface area (Å²) in [5.74, 6) is -0.168. The van der Waals surface area contributed by atoms with Gasteiger partial charge in [0, 0.05) is 44.0 Å². The van der Waals surface area contributed by atoms with Crippen molar-refractivity contribution >= 4 is 35.3 Å². The second-order valence-electron chi connectivity index (χ2n) is 13.4. The minimum absolute atomic E-state index is 0.115. The number of benzene rings is 3. The number of carbonyl (C=O) groups excluding carboxylic acids is 3. The van der Waals surface area contributed by atoms with Crippen molar-refractivity contribution in [2.24, 2.45) is 0 Å². The first-order chi connectivity index (χ1) is 23.7. The summed E-state index contributed by atoms with van der Waals surface area (Å²) in [5.41, 5.74) is 4.83. The molecule has 0 spiro atoms. The minimum atomic E-state index is -0.575. The van der Waals surface area contributed by atoms with Crippen LogP contribution in [0.15, 0.2) is 79.0 Å². The first-order valence-electron chi connectivity index (χ1n) is 16.7. The van der Waals surface area contributed by atoms with Crippen LogP contribution in [0.25, 0.3) is 11.3 Å². The van der Waals surface area contributed by atoms with Gasteiger partial charge in [-0.3, -0.25) is 24.2 Å². The molecule has 1 aromatic heterocycles. The Hall–Kier alpha value is -4.64. The molecule has 2 N–H and O–H groups in total. The highest BCUT2D eigenvalue weighted by Gasteiger charge is 2.38. The van der Waals surface area contributed by atoms with E-state index < -0.39 is 5.54 Å². The van der Waals surface area contributed by atoms with Crippen molar-refractivity contribution in [3.63, 3.8) is 0 Å². The summed E-state index contributed by atoms with van der Waals surface area (Å²) < 4.78 is 5.48. The molecular formula is C38H39ClN6O4. The molecular weight excluding hydrogens is 640 g/mol. The quantitative estimate of drug-likeness (QED) is 0.197. The zero-order valence-corrected chi connectivity index (χ0v) is 28.4. The van der Waals surface area contributed by atoms with Gasteiger partial charge in [-0.1, -0.05) is 66.2 Å². The number of imide groups is 1. The molecule has 11 heteroatoms. The average molecular weight is 679 g/mol. The molecule has 1 fully saturated rings. The number of aromatic nitrogens is 2. The van der Waals surface area contributed by atoms with E-state index in [4.69, 9.17) is 21.3 Å². The van der Waals surface area contributed by atoms with Crippen LogP contribution < -0.4 is 10.6 Å². The number of hydrogen-bond acceptors (Lipinski definition) is 8. The van der Waals surface area contributed by atoms with Gasteiger partial charge in [0.1, 0.15) is 0 Å². The van der Waals surface area contributed by atoms with E-state index in [0.717, 1.165) is 35.1 Å². The van der Waals surface area contributed by atoms with Gasteiger partial charge in [0.25, 0.3) is 11.8 Å². The fraction of sp³-hybridized carbons (Fsp3) is 0.342. The normalized spacial score (nSPS) is 18.0. The average Bonchev–Trinajstić information content (AvgIpc) is 3.56. The molecule has 0 bridgehead atoms. The molecule has 3 amide bonds. The van der Waals surface area contributed by atoms with Crippen LogP contribution in [0, 0.1) is 0 Å². The second kappa shape index (κ2) is 13.7. The second-order valence-corrected chi connectivity index (χ2v) is 13.8. The highest BCUT2D eigenvalue weighted by atomic mass is 35.5. The Labute approximate surface area is 290 Å². The maximum Gasteiger partial charge on any atom is 0.261 e. The zero-order valence-electron chi connectivity index (χ0n) is 27.6. The van der Waals surface area contributed by atoms with E-state index in [1.165, 1.54) is 4.90 Å². The smallest absolute Gasteiger partial charge is 0.261 e. The van der Waals surface area contributed by atoms with Gasteiger partial charge >= 0.3 is 0 Å². The number of amides is 3.